The lowest BCUT2D eigenvalue weighted by molar-refractivity contribution is 0.0214. The van der Waals surface area contributed by atoms with E-state index in [2.05, 4.69) is 45.6 Å². The zero-order chi connectivity index (χ0) is 24.0. The molecule has 1 aliphatic rings. The van der Waals surface area contributed by atoms with Crippen LogP contribution in [0.3, 0.4) is 0 Å². The fraction of sp³-hybridized carbons (Fsp3) is 0.393. The fourth-order valence-electron chi connectivity index (χ4n) is 4.24. The molecule has 1 atom stereocenters. The number of benzene rings is 1. The van der Waals surface area contributed by atoms with Gasteiger partial charge in [-0.15, -0.1) is 0 Å². The molecule has 3 aromatic rings. The number of rotatable bonds is 7. The van der Waals surface area contributed by atoms with Crippen molar-refractivity contribution in [2.75, 3.05) is 0 Å². The minimum atomic E-state index is -0.553. The summed E-state index contributed by atoms with van der Waals surface area (Å²) in [7, 11) is 0. The maximum absolute atomic E-state index is 12.9. The van der Waals surface area contributed by atoms with Gasteiger partial charge in [-0.25, -0.2) is 4.79 Å². The number of pyridine rings is 2. The summed E-state index contributed by atoms with van der Waals surface area (Å²) in [6.45, 7) is 7.29. The largest absolute Gasteiger partial charge is 0.444 e. The van der Waals surface area contributed by atoms with Crippen LogP contribution < -0.4 is 5.32 Å². The SMILES string of the molecule is CC(C)(C)OC(=O)N(Cc1ccc(CNC2CCCc3ncccc32)cc1)Cc1ccccn1. The Balaban J connectivity index is 1.39. The van der Waals surface area contributed by atoms with Crippen molar-refractivity contribution in [1.29, 1.82) is 0 Å². The van der Waals surface area contributed by atoms with Crippen molar-refractivity contribution in [3.8, 4) is 0 Å². The molecule has 1 amide bonds. The van der Waals surface area contributed by atoms with Crippen LogP contribution in [0.15, 0.2) is 67.0 Å². The van der Waals surface area contributed by atoms with Crippen molar-refractivity contribution in [2.45, 2.75) is 71.3 Å². The van der Waals surface area contributed by atoms with Crippen LogP contribution in [0.5, 0.6) is 0 Å². The zero-order valence-corrected chi connectivity index (χ0v) is 20.3. The van der Waals surface area contributed by atoms with Gasteiger partial charge in [0.1, 0.15) is 5.60 Å². The molecule has 1 N–H and O–H groups in total. The summed E-state index contributed by atoms with van der Waals surface area (Å²) in [6.07, 6.45) is 6.65. The smallest absolute Gasteiger partial charge is 0.410 e. The van der Waals surface area contributed by atoms with E-state index in [0.29, 0.717) is 19.1 Å². The third-order valence-electron chi connectivity index (χ3n) is 5.89. The molecule has 1 unspecified atom stereocenters. The molecule has 2 heterocycles. The Morgan fingerprint density at radius 2 is 1.76 bits per heavy atom. The molecule has 4 rings (SSSR count). The van der Waals surface area contributed by atoms with Crippen molar-refractivity contribution in [1.82, 2.24) is 20.2 Å². The number of nitrogens with zero attached hydrogens (tertiary/aromatic N) is 3. The minimum Gasteiger partial charge on any atom is -0.444 e. The lowest BCUT2D eigenvalue weighted by Gasteiger charge is -2.27. The maximum atomic E-state index is 12.9. The van der Waals surface area contributed by atoms with E-state index in [-0.39, 0.29) is 6.09 Å². The first-order valence-electron chi connectivity index (χ1n) is 12.0. The number of amides is 1. The lowest BCUT2D eigenvalue weighted by atomic mass is 9.91. The molecule has 2 aromatic heterocycles. The second-order valence-electron chi connectivity index (χ2n) is 9.84. The fourth-order valence-corrected chi connectivity index (χ4v) is 4.24. The third kappa shape index (κ3) is 6.64. The second-order valence-corrected chi connectivity index (χ2v) is 9.84. The average molecular weight is 459 g/mol. The summed E-state index contributed by atoms with van der Waals surface area (Å²) in [6, 6.07) is 18.7. The Morgan fingerprint density at radius 3 is 2.50 bits per heavy atom. The number of fused-ring (bicyclic) bond motifs is 1. The first-order chi connectivity index (χ1) is 16.4. The Labute approximate surface area is 202 Å². The molecule has 1 aromatic carbocycles. The normalized spacial score (nSPS) is 15.4. The van der Waals surface area contributed by atoms with E-state index in [0.717, 1.165) is 37.1 Å². The predicted octanol–water partition coefficient (Wildman–Crippen LogP) is 5.58. The molecule has 0 saturated carbocycles. The van der Waals surface area contributed by atoms with E-state index in [4.69, 9.17) is 4.74 Å². The third-order valence-corrected chi connectivity index (χ3v) is 5.89. The number of carbonyl (C=O) groups is 1. The van der Waals surface area contributed by atoms with Crippen LogP contribution in [0, 0.1) is 0 Å². The molecule has 0 radical (unpaired) electrons. The van der Waals surface area contributed by atoms with Crippen molar-refractivity contribution < 1.29 is 9.53 Å². The standard InChI is InChI=1S/C28H34N4O2/c1-28(2,3)34-27(33)32(20-23-8-4-5-16-29-23)19-22-14-12-21(13-15-22)18-31-26-11-6-10-25-24(26)9-7-17-30-25/h4-5,7-9,12-17,26,31H,6,10-11,18-20H2,1-3H3. The Kier molecular flexibility index (Phi) is 7.58. The van der Waals surface area contributed by atoms with E-state index < -0.39 is 5.60 Å². The van der Waals surface area contributed by atoms with Crippen LogP contribution >= 0.6 is 0 Å². The number of aromatic nitrogens is 2. The number of aryl methyl sites for hydroxylation is 1. The van der Waals surface area contributed by atoms with Gasteiger partial charge in [0, 0.05) is 37.2 Å². The monoisotopic (exact) mass is 458 g/mol. The molecular formula is C28H34N4O2. The molecule has 0 fully saturated rings. The highest BCUT2D eigenvalue weighted by Gasteiger charge is 2.23. The summed E-state index contributed by atoms with van der Waals surface area (Å²) in [5.74, 6) is 0. The number of hydrogen-bond acceptors (Lipinski definition) is 5. The summed E-state index contributed by atoms with van der Waals surface area (Å²) in [4.78, 5) is 23.5. The van der Waals surface area contributed by atoms with Crippen LogP contribution in [-0.4, -0.2) is 26.6 Å². The first kappa shape index (κ1) is 23.9. The molecule has 178 valence electrons. The molecular weight excluding hydrogens is 424 g/mol. The van der Waals surface area contributed by atoms with Gasteiger partial charge < -0.3 is 10.1 Å². The number of ether oxygens (including phenoxy) is 1. The van der Waals surface area contributed by atoms with Gasteiger partial charge in [0.2, 0.25) is 0 Å². The summed E-state index contributed by atoms with van der Waals surface area (Å²) < 4.78 is 5.65. The van der Waals surface area contributed by atoms with E-state index in [1.165, 1.54) is 16.8 Å². The van der Waals surface area contributed by atoms with E-state index in [1.807, 2.05) is 51.2 Å². The van der Waals surface area contributed by atoms with Gasteiger partial charge in [-0.3, -0.25) is 14.9 Å². The molecule has 0 bridgehead atoms. The van der Waals surface area contributed by atoms with Crippen molar-refractivity contribution in [3.63, 3.8) is 0 Å². The number of nitrogens with one attached hydrogen (secondary N) is 1. The van der Waals surface area contributed by atoms with Gasteiger partial charge in [-0.2, -0.15) is 0 Å². The average Bonchev–Trinajstić information content (AvgIpc) is 2.83. The Bertz CT molecular complexity index is 1080. The highest BCUT2D eigenvalue weighted by Crippen LogP contribution is 2.28. The van der Waals surface area contributed by atoms with Crippen LogP contribution in [0.1, 0.15) is 67.7 Å². The molecule has 6 heteroatoms. The zero-order valence-electron chi connectivity index (χ0n) is 20.3. The predicted molar refractivity (Wildman–Crippen MR) is 133 cm³/mol. The Morgan fingerprint density at radius 1 is 1.00 bits per heavy atom. The second kappa shape index (κ2) is 10.8. The summed E-state index contributed by atoms with van der Waals surface area (Å²) >= 11 is 0. The summed E-state index contributed by atoms with van der Waals surface area (Å²) in [5.41, 5.74) is 5.09. The van der Waals surface area contributed by atoms with Crippen LogP contribution in [0.4, 0.5) is 4.79 Å². The topological polar surface area (TPSA) is 67.3 Å². The molecule has 0 aliphatic heterocycles. The van der Waals surface area contributed by atoms with Crippen LogP contribution in [0.25, 0.3) is 0 Å². The number of hydrogen-bond donors (Lipinski definition) is 1. The van der Waals surface area contributed by atoms with Crippen LogP contribution in [-0.2, 0) is 30.8 Å². The highest BCUT2D eigenvalue weighted by molar-refractivity contribution is 5.68. The van der Waals surface area contributed by atoms with Gasteiger partial charge in [0.05, 0.1) is 12.2 Å². The first-order valence-corrected chi connectivity index (χ1v) is 12.0. The molecule has 0 spiro atoms. The van der Waals surface area contributed by atoms with Crippen molar-refractivity contribution >= 4 is 6.09 Å². The molecule has 0 saturated heterocycles. The van der Waals surface area contributed by atoms with Gasteiger partial charge in [0.15, 0.2) is 0 Å². The highest BCUT2D eigenvalue weighted by atomic mass is 16.6. The van der Waals surface area contributed by atoms with E-state index in [1.54, 1.807) is 11.1 Å². The quantitative estimate of drug-likeness (QED) is 0.501. The molecule has 34 heavy (non-hydrogen) atoms. The minimum absolute atomic E-state index is 0.339. The molecule has 6 nitrogen and oxygen atoms in total. The lowest BCUT2D eigenvalue weighted by Crippen LogP contribution is -2.36. The van der Waals surface area contributed by atoms with Gasteiger partial charge in [0.25, 0.3) is 0 Å². The van der Waals surface area contributed by atoms with Crippen molar-refractivity contribution in [3.05, 3.63) is 95.1 Å². The van der Waals surface area contributed by atoms with Crippen LogP contribution in [0.2, 0.25) is 0 Å². The van der Waals surface area contributed by atoms with Gasteiger partial charge in [-0.1, -0.05) is 36.4 Å². The summed E-state index contributed by atoms with van der Waals surface area (Å²) in [5, 5.41) is 3.70. The van der Waals surface area contributed by atoms with E-state index in [9.17, 15) is 4.79 Å². The van der Waals surface area contributed by atoms with Gasteiger partial charge in [-0.05, 0) is 74.9 Å². The molecule has 1 aliphatic carbocycles. The van der Waals surface area contributed by atoms with E-state index >= 15 is 0 Å². The van der Waals surface area contributed by atoms with Crippen molar-refractivity contribution in [2.24, 2.45) is 0 Å². The number of carbonyl (C=O) groups excluding carboxylic acids is 1. The van der Waals surface area contributed by atoms with Gasteiger partial charge >= 0.3 is 6.09 Å². The maximum Gasteiger partial charge on any atom is 0.410 e. The Hall–Kier alpha value is -3.25.